The number of nitrogens with zero attached hydrogens (tertiary/aromatic N) is 2. The molecule has 3 N–H and O–H groups in total. The molecule has 0 saturated heterocycles. The molecule has 8 nitrogen and oxygen atoms in total. The van der Waals surface area contributed by atoms with Crippen LogP contribution in [0.2, 0.25) is 0 Å². The number of carbonyl (C=O) groups excluding carboxylic acids is 1. The molecule has 1 spiro atoms. The summed E-state index contributed by atoms with van der Waals surface area (Å²) in [6.07, 6.45) is 7.54. The van der Waals surface area contributed by atoms with Crippen LogP contribution < -0.4 is 15.6 Å². The van der Waals surface area contributed by atoms with Gasteiger partial charge in [0.05, 0.1) is 30.0 Å². The summed E-state index contributed by atoms with van der Waals surface area (Å²) < 4.78 is 5.49. The third-order valence-corrected chi connectivity index (χ3v) is 7.44. The van der Waals surface area contributed by atoms with Crippen molar-refractivity contribution in [1.82, 2.24) is 25.7 Å². The maximum Gasteiger partial charge on any atom is 0.272 e. The zero-order chi connectivity index (χ0) is 23.3. The molecule has 8 heteroatoms. The van der Waals surface area contributed by atoms with E-state index in [1.807, 2.05) is 36.4 Å². The molecule has 0 unspecified atom stereocenters. The number of benzene rings is 2. The van der Waals surface area contributed by atoms with E-state index in [0.717, 1.165) is 47.9 Å². The number of H-pyrrole nitrogens is 2. The van der Waals surface area contributed by atoms with Gasteiger partial charge in [-0.1, -0.05) is 24.3 Å². The van der Waals surface area contributed by atoms with Crippen molar-refractivity contribution in [3.8, 4) is 16.9 Å². The van der Waals surface area contributed by atoms with Crippen molar-refractivity contribution >= 4 is 16.7 Å². The monoisotopic (exact) mass is 455 g/mol. The molecule has 6 rings (SSSR count). The summed E-state index contributed by atoms with van der Waals surface area (Å²) in [5, 5.41) is 18.6. The summed E-state index contributed by atoms with van der Waals surface area (Å²) in [6, 6.07) is 13.4. The number of fused-ring (bicyclic) bond motifs is 1. The van der Waals surface area contributed by atoms with E-state index in [2.05, 4.69) is 25.7 Å². The van der Waals surface area contributed by atoms with E-state index < -0.39 is 0 Å². The molecule has 0 bridgehead atoms. The Labute approximate surface area is 195 Å². The molecular weight excluding hydrogens is 430 g/mol. The quantitative estimate of drug-likeness (QED) is 0.424. The van der Waals surface area contributed by atoms with Gasteiger partial charge in [-0.3, -0.25) is 14.7 Å². The first kappa shape index (κ1) is 20.7. The molecule has 0 radical (unpaired) electrons. The minimum absolute atomic E-state index is 0.111. The minimum atomic E-state index is -0.145. The predicted molar refractivity (Wildman–Crippen MR) is 128 cm³/mol. The molecule has 34 heavy (non-hydrogen) atoms. The average Bonchev–Trinajstić information content (AvgIpc) is 3.35. The maximum atomic E-state index is 13.0. The van der Waals surface area contributed by atoms with Crippen LogP contribution in [-0.2, 0) is 0 Å². The van der Waals surface area contributed by atoms with Crippen molar-refractivity contribution in [1.29, 1.82) is 0 Å². The highest BCUT2D eigenvalue weighted by Gasteiger charge is 2.54. The van der Waals surface area contributed by atoms with Crippen LogP contribution in [0.5, 0.6) is 5.75 Å². The number of carbonyl (C=O) groups is 1. The second-order valence-electron chi connectivity index (χ2n) is 9.57. The zero-order valence-corrected chi connectivity index (χ0v) is 18.8. The number of rotatable bonds is 5. The molecule has 1 amide bonds. The van der Waals surface area contributed by atoms with Crippen LogP contribution in [0.3, 0.4) is 0 Å². The van der Waals surface area contributed by atoms with E-state index in [1.165, 1.54) is 0 Å². The minimum Gasteiger partial charge on any atom is -0.496 e. The van der Waals surface area contributed by atoms with E-state index in [-0.39, 0.29) is 22.9 Å². The molecule has 2 aliphatic rings. The van der Waals surface area contributed by atoms with E-state index in [9.17, 15) is 9.59 Å². The second kappa shape index (κ2) is 7.83. The Hall–Kier alpha value is -3.94. The molecule has 2 fully saturated rings. The fraction of sp³-hybridized carbons (Fsp3) is 0.308. The Morgan fingerprint density at radius 2 is 1.88 bits per heavy atom. The van der Waals surface area contributed by atoms with Gasteiger partial charge in [-0.15, -0.1) is 0 Å². The summed E-state index contributed by atoms with van der Waals surface area (Å²) >= 11 is 0. The third-order valence-electron chi connectivity index (χ3n) is 7.44. The highest BCUT2D eigenvalue weighted by atomic mass is 16.5. The van der Waals surface area contributed by atoms with Gasteiger partial charge >= 0.3 is 0 Å². The van der Waals surface area contributed by atoms with Crippen LogP contribution >= 0.6 is 0 Å². The molecule has 172 valence electrons. The number of hydrogen-bond donors (Lipinski definition) is 3. The second-order valence-corrected chi connectivity index (χ2v) is 9.57. The Kier molecular flexibility index (Phi) is 4.76. The van der Waals surface area contributed by atoms with Crippen LogP contribution in [0.4, 0.5) is 0 Å². The molecule has 4 aromatic rings. The van der Waals surface area contributed by atoms with Crippen molar-refractivity contribution < 1.29 is 9.53 Å². The first-order valence-corrected chi connectivity index (χ1v) is 11.5. The van der Waals surface area contributed by atoms with Crippen molar-refractivity contribution in [3.05, 3.63) is 76.5 Å². The fourth-order valence-corrected chi connectivity index (χ4v) is 5.78. The van der Waals surface area contributed by atoms with Crippen LogP contribution in [0.15, 0.2) is 59.7 Å². The van der Waals surface area contributed by atoms with Crippen molar-refractivity contribution in [2.24, 2.45) is 5.41 Å². The average molecular weight is 456 g/mol. The van der Waals surface area contributed by atoms with Crippen LogP contribution in [0.1, 0.15) is 47.7 Å². The van der Waals surface area contributed by atoms with Gasteiger partial charge in [-0.05, 0) is 54.9 Å². The molecule has 2 aliphatic carbocycles. The number of aromatic amines is 2. The molecule has 0 aliphatic heterocycles. The lowest BCUT2D eigenvalue weighted by Gasteiger charge is -2.57. The van der Waals surface area contributed by atoms with Crippen molar-refractivity contribution in [2.75, 3.05) is 7.11 Å². The van der Waals surface area contributed by atoms with Crippen molar-refractivity contribution in [2.45, 2.75) is 37.6 Å². The molecule has 0 atom stereocenters. The smallest absolute Gasteiger partial charge is 0.272 e. The molecule has 2 aromatic heterocycles. The Bertz CT molecular complexity index is 1430. The number of hydrogen-bond acceptors (Lipinski definition) is 5. The lowest BCUT2D eigenvalue weighted by Crippen LogP contribution is -2.55. The van der Waals surface area contributed by atoms with E-state index >= 15 is 0 Å². The summed E-state index contributed by atoms with van der Waals surface area (Å²) in [7, 11) is 1.58. The van der Waals surface area contributed by atoms with Crippen LogP contribution in [-0.4, -0.2) is 39.5 Å². The normalized spacial score (nSPS) is 23.3. The van der Waals surface area contributed by atoms with Crippen molar-refractivity contribution in [3.63, 3.8) is 0 Å². The van der Waals surface area contributed by atoms with E-state index in [1.54, 1.807) is 25.6 Å². The van der Waals surface area contributed by atoms with Gasteiger partial charge in [-0.2, -0.15) is 10.2 Å². The zero-order valence-electron chi connectivity index (χ0n) is 18.8. The van der Waals surface area contributed by atoms with Crippen LogP contribution in [0.25, 0.3) is 21.9 Å². The van der Waals surface area contributed by atoms with Gasteiger partial charge in [0.2, 0.25) is 0 Å². The Balaban J connectivity index is 1.10. The number of ether oxygens (including phenoxy) is 1. The largest absolute Gasteiger partial charge is 0.496 e. The van der Waals surface area contributed by atoms with E-state index in [4.69, 9.17) is 4.74 Å². The van der Waals surface area contributed by atoms with E-state index in [0.29, 0.717) is 22.6 Å². The van der Waals surface area contributed by atoms with Gasteiger partial charge < -0.3 is 10.1 Å². The van der Waals surface area contributed by atoms with Gasteiger partial charge in [0.25, 0.3) is 11.5 Å². The number of aromatic nitrogens is 4. The standard InChI is InChI=1S/C26H25N5O3/c1-34-22-8-15(17-13-27-28-14-17)6-7-21(22)24(32)29-18-11-26(12-18)9-16(10-26)23-19-4-2-3-5-20(19)25(33)31-30-23/h2-8,13-14,16,18H,9-12H2,1H3,(H,27,28)(H,29,32)(H,31,33)/t16-,18-,26?. The fourth-order valence-electron chi connectivity index (χ4n) is 5.78. The first-order chi connectivity index (χ1) is 16.5. The maximum absolute atomic E-state index is 13.0. The number of methoxy groups -OCH3 is 1. The highest BCUT2D eigenvalue weighted by molar-refractivity contribution is 5.98. The SMILES string of the molecule is COc1cc(-c2cn[nH]c2)ccc1C(=O)N[C@H]1CC2(C1)C[C@H](c1n[nH]c(=O)c3ccccc31)C2. The summed E-state index contributed by atoms with van der Waals surface area (Å²) in [5.41, 5.74) is 3.51. The molecule has 2 heterocycles. The van der Waals surface area contributed by atoms with Gasteiger partial charge in [0, 0.05) is 29.1 Å². The van der Waals surface area contributed by atoms with Gasteiger partial charge in [-0.25, -0.2) is 5.10 Å². The van der Waals surface area contributed by atoms with Gasteiger partial charge in [0.1, 0.15) is 5.75 Å². The number of nitrogens with one attached hydrogen (secondary N) is 3. The van der Waals surface area contributed by atoms with Gasteiger partial charge in [0.15, 0.2) is 0 Å². The highest BCUT2D eigenvalue weighted by Crippen LogP contribution is 2.62. The molecule has 2 saturated carbocycles. The summed E-state index contributed by atoms with van der Waals surface area (Å²) in [4.78, 5) is 25.0. The topological polar surface area (TPSA) is 113 Å². The third kappa shape index (κ3) is 3.37. The first-order valence-electron chi connectivity index (χ1n) is 11.5. The Morgan fingerprint density at radius 1 is 1.09 bits per heavy atom. The predicted octanol–water partition coefficient (Wildman–Crippen LogP) is 3.78. The molecule has 2 aromatic carbocycles. The summed E-state index contributed by atoms with van der Waals surface area (Å²) in [6.45, 7) is 0. The lowest BCUT2D eigenvalue weighted by molar-refractivity contribution is -0.0196. The molecular formula is C26H25N5O3. The lowest BCUT2D eigenvalue weighted by atomic mass is 9.49. The number of amides is 1. The summed E-state index contributed by atoms with van der Waals surface area (Å²) in [5.74, 6) is 0.776. The van der Waals surface area contributed by atoms with Crippen LogP contribution in [0, 0.1) is 5.41 Å². The Morgan fingerprint density at radius 3 is 2.62 bits per heavy atom.